The molecule has 0 amide bonds. The molecule has 0 aromatic heterocycles. The largest absolute Gasteiger partial charge is 0.0622 e. The van der Waals surface area contributed by atoms with E-state index in [1.54, 1.807) is 0 Å². The lowest BCUT2D eigenvalue weighted by Crippen LogP contribution is -2.29. The number of hydrogen-bond donors (Lipinski definition) is 0. The Balaban J connectivity index is 1.18. The molecule has 7 aromatic rings. The average molecular weight is 970 g/mol. The summed E-state index contributed by atoms with van der Waals surface area (Å²) >= 11 is 0. The minimum absolute atomic E-state index is 0.0787. The highest BCUT2D eigenvalue weighted by Crippen LogP contribution is 2.48. The van der Waals surface area contributed by atoms with Crippen LogP contribution in [0, 0.1) is 33.5 Å². The SMILES string of the molecule is CC(Cc1cc(CC(C)(C)CC(c2ccccc2)C(C)CCc2ccccc2)cc(CC(C)(C)CC(c2ccccc2)C(C)(C)CCc2ccccc2)c1)CC(c1ccccc1)C(C)(C)CCc1ccccc1. The standard InChI is InChI=1S/C73H92/c1-56(48-68(65-37-25-15-26-38-65)72(7,8)45-43-59-31-19-12-20-32-59)47-61-49-62(52-70(3,4)54-67(64-35-23-14-24-36-64)57(2)41-42-58-29-17-11-18-30-58)51-63(50-61)53-71(5,6)55-69(66-39-27-16-28-40-66)73(9,10)46-44-60-33-21-13-22-34-60/h11-40,49-51,56-57,67-69H,41-48,52-55H2,1-10H3. The lowest BCUT2D eigenvalue weighted by molar-refractivity contribution is 0.185. The number of aryl methyl sites for hydroxylation is 3. The third-order valence-corrected chi connectivity index (χ3v) is 17.0. The number of rotatable bonds is 27. The van der Waals surface area contributed by atoms with Crippen LogP contribution in [0.1, 0.15) is 176 Å². The molecule has 0 aliphatic heterocycles. The Morgan fingerprint density at radius 2 is 0.712 bits per heavy atom. The molecule has 73 heavy (non-hydrogen) atoms. The van der Waals surface area contributed by atoms with Crippen LogP contribution in [0.2, 0.25) is 0 Å². The van der Waals surface area contributed by atoms with Crippen molar-refractivity contribution < 1.29 is 0 Å². The van der Waals surface area contributed by atoms with Gasteiger partial charge in [0, 0.05) is 0 Å². The quantitative estimate of drug-likeness (QED) is 0.0482. The zero-order chi connectivity index (χ0) is 51.9. The summed E-state index contributed by atoms with van der Waals surface area (Å²) in [5.41, 5.74) is 13.7. The van der Waals surface area contributed by atoms with Gasteiger partial charge in [-0.15, -0.1) is 0 Å². The fourth-order valence-electron chi connectivity index (χ4n) is 12.7. The molecule has 0 saturated heterocycles. The number of hydrogen-bond acceptors (Lipinski definition) is 0. The molecule has 0 bridgehead atoms. The fraction of sp³-hybridized carbons (Fsp3) is 0.425. The van der Waals surface area contributed by atoms with Gasteiger partial charge in [-0.2, -0.15) is 0 Å². The monoisotopic (exact) mass is 969 g/mol. The van der Waals surface area contributed by atoms with E-state index in [9.17, 15) is 0 Å². The third-order valence-electron chi connectivity index (χ3n) is 17.0. The Morgan fingerprint density at radius 1 is 0.356 bits per heavy atom. The lowest BCUT2D eigenvalue weighted by atomic mass is 9.64. The Labute approximate surface area is 445 Å². The summed E-state index contributed by atoms with van der Waals surface area (Å²) in [7, 11) is 0. The molecular formula is C73H92. The Bertz CT molecular complexity index is 2640. The van der Waals surface area contributed by atoms with Gasteiger partial charge in [0.15, 0.2) is 0 Å². The second-order valence-corrected chi connectivity index (χ2v) is 25.7. The van der Waals surface area contributed by atoms with E-state index >= 15 is 0 Å². The van der Waals surface area contributed by atoms with Gasteiger partial charge in [-0.3, -0.25) is 0 Å². The van der Waals surface area contributed by atoms with E-state index in [1.807, 2.05) is 0 Å². The molecule has 0 nitrogen and oxygen atoms in total. The van der Waals surface area contributed by atoms with Gasteiger partial charge < -0.3 is 0 Å². The third kappa shape index (κ3) is 17.0. The zero-order valence-electron chi connectivity index (χ0n) is 46.9. The van der Waals surface area contributed by atoms with Crippen molar-refractivity contribution in [3.8, 4) is 0 Å². The van der Waals surface area contributed by atoms with Crippen molar-refractivity contribution in [2.45, 2.75) is 164 Å². The summed E-state index contributed by atoms with van der Waals surface area (Å²) in [6.45, 7) is 25.4. The maximum Gasteiger partial charge on any atom is -0.0105 e. The predicted molar refractivity (Wildman–Crippen MR) is 317 cm³/mol. The summed E-state index contributed by atoms with van der Waals surface area (Å²) in [5.74, 6) is 2.47. The molecule has 5 unspecified atom stereocenters. The molecule has 0 spiro atoms. The van der Waals surface area contributed by atoms with E-state index < -0.39 is 0 Å². The van der Waals surface area contributed by atoms with Gasteiger partial charge in [0.1, 0.15) is 0 Å². The van der Waals surface area contributed by atoms with Gasteiger partial charge in [0.25, 0.3) is 0 Å². The molecule has 0 heteroatoms. The van der Waals surface area contributed by atoms with Crippen molar-refractivity contribution in [1.29, 1.82) is 0 Å². The van der Waals surface area contributed by atoms with Crippen LogP contribution in [0.5, 0.6) is 0 Å². The van der Waals surface area contributed by atoms with Crippen molar-refractivity contribution in [2.75, 3.05) is 0 Å². The summed E-state index contributed by atoms with van der Waals surface area (Å²) in [5, 5.41) is 0. The van der Waals surface area contributed by atoms with Gasteiger partial charge in [-0.1, -0.05) is 269 Å². The van der Waals surface area contributed by atoms with Crippen molar-refractivity contribution in [2.24, 2.45) is 33.5 Å². The van der Waals surface area contributed by atoms with E-state index in [4.69, 9.17) is 0 Å². The van der Waals surface area contributed by atoms with Crippen molar-refractivity contribution >= 4 is 0 Å². The Morgan fingerprint density at radius 3 is 1.16 bits per heavy atom. The predicted octanol–water partition coefficient (Wildman–Crippen LogP) is 20.1. The number of benzene rings is 7. The molecule has 0 aliphatic carbocycles. The first-order valence-corrected chi connectivity index (χ1v) is 28.3. The molecule has 7 aromatic carbocycles. The van der Waals surface area contributed by atoms with E-state index in [2.05, 4.69) is 269 Å². The molecule has 0 N–H and O–H groups in total. The van der Waals surface area contributed by atoms with Crippen LogP contribution >= 0.6 is 0 Å². The maximum atomic E-state index is 2.63. The van der Waals surface area contributed by atoms with Crippen LogP contribution in [0.15, 0.2) is 200 Å². The highest BCUT2D eigenvalue weighted by molar-refractivity contribution is 5.34. The van der Waals surface area contributed by atoms with Gasteiger partial charge in [0.05, 0.1) is 0 Å². The van der Waals surface area contributed by atoms with Crippen LogP contribution in [0.25, 0.3) is 0 Å². The van der Waals surface area contributed by atoms with Crippen LogP contribution in [-0.4, -0.2) is 0 Å². The second kappa shape index (κ2) is 25.7. The van der Waals surface area contributed by atoms with E-state index in [-0.39, 0.29) is 21.7 Å². The van der Waals surface area contributed by atoms with E-state index in [0.29, 0.717) is 29.6 Å². The summed E-state index contributed by atoms with van der Waals surface area (Å²) in [4.78, 5) is 0. The van der Waals surface area contributed by atoms with Gasteiger partial charge in [0.2, 0.25) is 0 Å². The minimum atomic E-state index is 0.0787. The molecule has 0 aliphatic rings. The highest BCUT2D eigenvalue weighted by Gasteiger charge is 2.36. The molecule has 0 radical (unpaired) electrons. The van der Waals surface area contributed by atoms with E-state index in [0.717, 1.165) is 64.2 Å². The molecule has 0 saturated carbocycles. The average Bonchev–Trinajstić information content (AvgIpc) is 3.38. The molecule has 384 valence electrons. The smallest absolute Gasteiger partial charge is 0.0105 e. The van der Waals surface area contributed by atoms with Gasteiger partial charge in [-0.25, -0.2) is 0 Å². The van der Waals surface area contributed by atoms with Gasteiger partial charge in [-0.05, 0) is 178 Å². The topological polar surface area (TPSA) is 0 Å². The molecule has 5 atom stereocenters. The minimum Gasteiger partial charge on any atom is -0.0622 e. The van der Waals surface area contributed by atoms with Crippen LogP contribution in [-0.2, 0) is 38.5 Å². The van der Waals surface area contributed by atoms with Crippen LogP contribution in [0.4, 0.5) is 0 Å². The van der Waals surface area contributed by atoms with Crippen molar-refractivity contribution in [3.05, 3.63) is 250 Å². The second-order valence-electron chi connectivity index (χ2n) is 25.7. The zero-order valence-corrected chi connectivity index (χ0v) is 46.9. The Hall–Kier alpha value is -5.46. The molecule has 7 rings (SSSR count). The fourth-order valence-corrected chi connectivity index (χ4v) is 12.7. The first-order valence-electron chi connectivity index (χ1n) is 28.3. The van der Waals surface area contributed by atoms with Crippen LogP contribution < -0.4 is 0 Å². The van der Waals surface area contributed by atoms with Crippen LogP contribution in [0.3, 0.4) is 0 Å². The van der Waals surface area contributed by atoms with E-state index in [1.165, 1.54) is 62.9 Å². The van der Waals surface area contributed by atoms with Crippen molar-refractivity contribution in [3.63, 3.8) is 0 Å². The summed E-state index contributed by atoms with van der Waals surface area (Å²) in [6, 6.07) is 75.6. The first-order chi connectivity index (χ1) is 34.9. The summed E-state index contributed by atoms with van der Waals surface area (Å²) in [6.07, 6.45) is 13.5. The summed E-state index contributed by atoms with van der Waals surface area (Å²) < 4.78 is 0. The van der Waals surface area contributed by atoms with Gasteiger partial charge >= 0.3 is 0 Å². The molecular weight excluding hydrogens is 877 g/mol. The van der Waals surface area contributed by atoms with Crippen molar-refractivity contribution in [1.82, 2.24) is 0 Å². The normalized spacial score (nSPS) is 14.5. The Kier molecular flexibility index (Phi) is 19.4. The molecule has 0 heterocycles. The lowest BCUT2D eigenvalue weighted by Gasteiger charge is -2.40. The maximum absolute atomic E-state index is 2.63. The highest BCUT2D eigenvalue weighted by atomic mass is 14.4. The first kappa shape index (κ1) is 55.3. The molecule has 0 fully saturated rings.